The molecule has 8 amide bonds. The monoisotopic (exact) mass is 1740 g/mol. The summed E-state index contributed by atoms with van der Waals surface area (Å²) in [6.45, 7) is 22.8. The fourth-order valence-corrected chi connectivity index (χ4v) is 18.1. The molecule has 27 nitrogen and oxygen atoms in total. The number of amides is 8. The largest absolute Gasteiger partial charge is 0.445 e. The number of likely N-dealkylation sites (N-methyl/N-ethyl adjacent to an activating group) is 2. The van der Waals surface area contributed by atoms with Crippen LogP contribution in [0.1, 0.15) is 207 Å². The molecule has 680 valence electrons. The molecule has 1 aliphatic rings. The summed E-state index contributed by atoms with van der Waals surface area (Å²) in [5, 5.41) is 22.0. The quantitative estimate of drug-likeness (QED) is 0.0155. The fourth-order valence-electron chi connectivity index (χ4n) is 16.5. The van der Waals surface area contributed by atoms with Crippen molar-refractivity contribution in [2.24, 2.45) is 64.9 Å². The summed E-state index contributed by atoms with van der Waals surface area (Å²) in [4.78, 5) is 173. The van der Waals surface area contributed by atoms with Gasteiger partial charge in [-0.3, -0.25) is 47.9 Å². The number of aryl methyl sites for hydroxylation is 3. The molecule has 0 bridgehead atoms. The van der Waals surface area contributed by atoms with E-state index in [0.29, 0.717) is 43.5 Å². The summed E-state index contributed by atoms with van der Waals surface area (Å²) in [5.74, 6) is -10.6. The normalized spacial score (nSPS) is 16.1. The number of aliphatic hydroxyl groups is 1. The minimum Gasteiger partial charge on any atom is -0.445 e. The summed E-state index contributed by atoms with van der Waals surface area (Å²) in [7, 11) is 3.76. The van der Waals surface area contributed by atoms with Crippen LogP contribution in [0.4, 0.5) is 15.3 Å². The highest BCUT2D eigenvalue weighted by Crippen LogP contribution is 2.35. The second kappa shape index (κ2) is 50.3. The first kappa shape index (κ1) is 103. The number of Topliss-reactive ketones (excluding diaryl/α,β-unsaturated/α-hetero) is 5. The second-order valence-corrected chi connectivity index (χ2v) is 36.7. The maximum Gasteiger partial charge on any atom is 0.410 e. The second-order valence-electron chi connectivity index (χ2n) is 34.6. The number of benzene rings is 5. The number of rotatable bonds is 53. The fraction of sp³-hybridized carbons (Fsp3) is 0.562. The topological polar surface area (TPSA) is 380 Å². The Morgan fingerprint density at radius 1 is 0.613 bits per heavy atom. The average Bonchev–Trinajstić information content (AvgIpc) is 1.49. The molecule has 5 aromatic carbocycles. The van der Waals surface area contributed by atoms with Crippen LogP contribution in [0, 0.1) is 73.0 Å². The summed E-state index contributed by atoms with van der Waals surface area (Å²) < 4.78 is 50.7. The molecule has 1 fully saturated rings. The van der Waals surface area contributed by atoms with Crippen molar-refractivity contribution in [3.05, 3.63) is 166 Å². The number of nitrogens with two attached hydrogens (primary N) is 1. The van der Waals surface area contributed by atoms with Gasteiger partial charge >= 0.3 is 12.1 Å². The van der Waals surface area contributed by atoms with Crippen molar-refractivity contribution in [3.63, 3.8) is 0 Å². The molecular weight excluding hydrogens is 1600 g/mol. The van der Waals surface area contributed by atoms with Gasteiger partial charge in [0.1, 0.15) is 12.4 Å². The van der Waals surface area contributed by atoms with E-state index in [-0.39, 0.29) is 148 Å². The Morgan fingerprint density at radius 3 is 1.81 bits per heavy atom. The summed E-state index contributed by atoms with van der Waals surface area (Å²) in [6, 6.07) is 31.8. The van der Waals surface area contributed by atoms with Crippen LogP contribution in [0.25, 0.3) is 0 Å². The lowest BCUT2D eigenvalue weighted by Gasteiger charge is -2.41. The standard InChI is InChI=1S/C96H136N8O19S/c1-18-64(10)88(83(121-16)56-85(110)104-50-23-27-78(104)91(122-17)66(12)79(105)52-65(11)89(111)70-24-20-19-21-25-70)102(13)94(115)77(59(2)3)55-82(108)87(61(6)7)103(14)96(117)123-57-68-35-43-75(44-36-68)100-93(114)72(26-22-48-99-95(97)116)54-81(107)86(60(4)5)101-84(109)47-42-73(92(113)98-49-51-120-15)53-80(106)69-38-40-71(41-39-69)90(112)74(37-34-67-32-28-62(8)29-33-67)58-124(118,119)76-45-30-63(9)31-46-76/h19-21,24-25,28-33,35-36,38-41,43-46,59-61,64-66,72-74,77-78,83,86-89,91,111H,18,22-23,26-27,34,37,42,47-58H2,1-17H3,(H,98,113)(H,100,114)(H,101,109)(H3,97,99,116)/t64-,65-,66-,72+,73+,74?,77-,78-,83+,86-,87-,88-,89+,91+/m0/s1. The first-order chi connectivity index (χ1) is 58.7. The van der Waals surface area contributed by atoms with Crippen molar-refractivity contribution in [2.75, 3.05) is 72.7 Å². The first-order valence-corrected chi connectivity index (χ1v) is 45.2. The minimum atomic E-state index is -3.90. The van der Waals surface area contributed by atoms with Gasteiger partial charge in [0.2, 0.25) is 29.5 Å². The Morgan fingerprint density at radius 2 is 1.23 bits per heavy atom. The van der Waals surface area contributed by atoms with Crippen LogP contribution in [-0.2, 0) is 80.2 Å². The molecule has 1 aliphatic heterocycles. The number of carbonyl (C=O) groups is 12. The summed E-state index contributed by atoms with van der Waals surface area (Å²) >= 11 is 0. The van der Waals surface area contributed by atoms with E-state index in [2.05, 4.69) is 21.3 Å². The molecule has 0 spiro atoms. The molecule has 14 atom stereocenters. The van der Waals surface area contributed by atoms with Gasteiger partial charge in [-0.25, -0.2) is 18.0 Å². The van der Waals surface area contributed by atoms with Gasteiger partial charge in [-0.2, -0.15) is 0 Å². The number of methoxy groups -OCH3 is 3. The molecule has 0 aliphatic carbocycles. The van der Waals surface area contributed by atoms with E-state index >= 15 is 4.79 Å². The molecule has 28 heteroatoms. The molecule has 1 heterocycles. The van der Waals surface area contributed by atoms with Gasteiger partial charge in [-0.15, -0.1) is 0 Å². The van der Waals surface area contributed by atoms with E-state index < -0.39 is 147 Å². The molecule has 1 saturated heterocycles. The minimum absolute atomic E-state index is 0.0743. The Labute approximate surface area is 733 Å². The Kier molecular flexibility index (Phi) is 41.8. The van der Waals surface area contributed by atoms with E-state index in [1.807, 2.05) is 110 Å². The number of nitrogens with one attached hydrogen (secondary N) is 4. The lowest BCUT2D eigenvalue weighted by atomic mass is 9.83. The number of likely N-dealkylation sites (tertiary alicyclic amines) is 1. The van der Waals surface area contributed by atoms with Gasteiger partial charge in [0, 0.05) is 134 Å². The van der Waals surface area contributed by atoms with Crippen molar-refractivity contribution in [3.8, 4) is 0 Å². The van der Waals surface area contributed by atoms with Gasteiger partial charge in [0.05, 0.1) is 66.2 Å². The molecular formula is C96H136N8O19S. The third kappa shape index (κ3) is 30.8. The Balaban J connectivity index is 1.06. The predicted octanol–water partition coefficient (Wildman–Crippen LogP) is 12.8. The molecule has 6 rings (SSSR count). The number of sulfone groups is 1. The summed E-state index contributed by atoms with van der Waals surface area (Å²) in [6.07, 6.45) is -1.32. The van der Waals surface area contributed by atoms with E-state index in [0.717, 1.165) is 22.3 Å². The molecule has 1 unspecified atom stereocenters. The van der Waals surface area contributed by atoms with Crippen LogP contribution in [0.15, 0.2) is 132 Å². The zero-order valence-corrected chi connectivity index (χ0v) is 76.5. The van der Waals surface area contributed by atoms with Crippen LogP contribution in [-0.4, -0.2) is 203 Å². The molecule has 7 N–H and O–H groups in total. The highest BCUT2D eigenvalue weighted by Gasteiger charge is 2.45. The van der Waals surface area contributed by atoms with Gasteiger partial charge in [0.15, 0.2) is 33.0 Å². The van der Waals surface area contributed by atoms with Gasteiger partial charge < -0.3 is 65.8 Å². The number of primary amides is 1. The number of anilines is 1. The number of aliphatic hydroxyl groups excluding tert-OH is 1. The number of ether oxygens (including phenoxy) is 4. The number of hydrogen-bond acceptors (Lipinski definition) is 19. The number of nitrogens with zero attached hydrogens (tertiary/aromatic N) is 3. The average molecular weight is 1740 g/mol. The number of hydrogen-bond donors (Lipinski definition) is 6. The van der Waals surface area contributed by atoms with Crippen molar-refractivity contribution in [1.82, 2.24) is 30.7 Å². The zero-order valence-electron chi connectivity index (χ0n) is 75.7. The van der Waals surface area contributed by atoms with Crippen molar-refractivity contribution in [2.45, 2.75) is 227 Å². The lowest BCUT2D eigenvalue weighted by molar-refractivity contribution is -0.149. The molecule has 124 heavy (non-hydrogen) atoms. The van der Waals surface area contributed by atoms with Crippen molar-refractivity contribution < 1.29 is 90.0 Å². The van der Waals surface area contributed by atoms with Crippen LogP contribution < -0.4 is 27.0 Å². The lowest BCUT2D eigenvalue weighted by Crippen LogP contribution is -2.54. The molecule has 0 aromatic heterocycles. The maximum atomic E-state index is 15.0. The Hall–Kier alpha value is -9.87. The van der Waals surface area contributed by atoms with E-state index in [9.17, 15) is 66.3 Å². The third-order valence-electron chi connectivity index (χ3n) is 24.2. The van der Waals surface area contributed by atoms with E-state index in [1.54, 1.807) is 88.1 Å². The summed E-state index contributed by atoms with van der Waals surface area (Å²) in [5.41, 5.74) is 10.2. The van der Waals surface area contributed by atoms with Crippen LogP contribution in [0.3, 0.4) is 0 Å². The predicted molar refractivity (Wildman–Crippen MR) is 476 cm³/mol. The highest BCUT2D eigenvalue weighted by molar-refractivity contribution is 7.91. The highest BCUT2D eigenvalue weighted by atomic mass is 32.2. The maximum absolute atomic E-state index is 15.0. The van der Waals surface area contributed by atoms with Crippen LogP contribution >= 0.6 is 0 Å². The van der Waals surface area contributed by atoms with Crippen molar-refractivity contribution >= 4 is 86.1 Å². The zero-order chi connectivity index (χ0) is 91.8. The van der Waals surface area contributed by atoms with Crippen LogP contribution in [0.2, 0.25) is 0 Å². The number of ketones is 5. The smallest absolute Gasteiger partial charge is 0.410 e. The van der Waals surface area contributed by atoms with Gasteiger partial charge in [-0.05, 0) is 129 Å². The molecule has 0 saturated carbocycles. The number of urea groups is 1. The van der Waals surface area contributed by atoms with E-state index in [4.69, 9.17) is 24.7 Å². The van der Waals surface area contributed by atoms with Gasteiger partial charge in [-0.1, -0.05) is 190 Å². The van der Waals surface area contributed by atoms with E-state index in [1.165, 1.54) is 62.6 Å². The number of carbonyl (C=O) groups excluding carboxylic acids is 12. The Bertz CT molecular complexity index is 4450. The third-order valence-corrected chi connectivity index (χ3v) is 26.1. The molecule has 5 aromatic rings. The van der Waals surface area contributed by atoms with Gasteiger partial charge in [0.25, 0.3) is 0 Å². The first-order valence-electron chi connectivity index (χ1n) is 43.6. The SMILES string of the molecule is CC[C@H](C)[C@@H]([C@@H](CC(=O)N1CCC[C@H]1[C@H](OC)[C@@H](C)C(=O)C[C@H](C)[C@@H](O)c1ccccc1)OC)N(C)C(=O)[C@@H](CC(=O)[C@H](C(C)C)N(C)C(=O)OCc1ccc(NC(=O)[C@H](CCCNC(N)=O)CC(=O)[C@@H](NC(=O)CC[C@H](CC(=O)c2ccc(C(=O)C(CCc3ccc(C)cc3)CS(=O)(=O)c3ccc(C)cc3)cc2)C(=O)NCCOC)C(C)C)cc1)C(C)C. The van der Waals surface area contributed by atoms with Crippen LogP contribution in [0.5, 0.6) is 0 Å². The molecule has 0 radical (unpaired) electrons. The van der Waals surface area contributed by atoms with Crippen molar-refractivity contribution in [1.29, 1.82) is 0 Å².